The summed E-state index contributed by atoms with van der Waals surface area (Å²) in [5.74, 6) is -1.80. The number of fused-ring (bicyclic) bond motifs is 1. The fourth-order valence-corrected chi connectivity index (χ4v) is 3.50. The minimum atomic E-state index is -0.907. The van der Waals surface area contributed by atoms with E-state index >= 15 is 0 Å². The van der Waals surface area contributed by atoms with E-state index in [1.165, 1.54) is 19.3 Å². The number of rotatable bonds is 4. The zero-order valence-electron chi connectivity index (χ0n) is 15.3. The van der Waals surface area contributed by atoms with Crippen molar-refractivity contribution < 1.29 is 8.78 Å². The molecule has 1 aliphatic rings. The van der Waals surface area contributed by atoms with Crippen molar-refractivity contribution in [3.05, 3.63) is 73.7 Å². The maximum atomic E-state index is 13.6. The number of hydrogen-bond acceptors (Lipinski definition) is 4. The Balaban J connectivity index is 1.53. The van der Waals surface area contributed by atoms with Crippen LogP contribution >= 0.6 is 0 Å². The zero-order chi connectivity index (χ0) is 19.8. The summed E-state index contributed by atoms with van der Waals surface area (Å²) in [5, 5.41) is 7.28. The zero-order valence-corrected chi connectivity index (χ0v) is 15.3. The third-order valence-electron chi connectivity index (χ3n) is 5.16. The Labute approximate surface area is 158 Å². The van der Waals surface area contributed by atoms with Gasteiger partial charge in [0.2, 0.25) is 0 Å². The molecule has 3 heterocycles. The van der Waals surface area contributed by atoms with E-state index < -0.39 is 17.3 Å². The van der Waals surface area contributed by atoms with Gasteiger partial charge in [-0.2, -0.15) is 5.10 Å². The van der Waals surface area contributed by atoms with Crippen LogP contribution in [0.3, 0.4) is 0 Å². The number of H-pyrrole nitrogens is 2. The lowest BCUT2D eigenvalue weighted by Gasteiger charge is -2.27. The first kappa shape index (κ1) is 18.3. The average Bonchev–Trinajstić information content (AvgIpc) is 3.11. The molecule has 3 aromatic rings. The summed E-state index contributed by atoms with van der Waals surface area (Å²) >= 11 is 0. The normalized spacial score (nSPS) is 14.2. The molecule has 7 nitrogen and oxygen atoms in total. The summed E-state index contributed by atoms with van der Waals surface area (Å²) in [5.41, 5.74) is 2.87. The molecule has 0 atom stereocenters. The number of nitrogens with one attached hydrogen (secondary N) is 2. The fraction of sp³-hybridized carbons (Fsp3) is 0.316. The van der Waals surface area contributed by atoms with Crippen molar-refractivity contribution in [3.8, 4) is 11.3 Å². The maximum Gasteiger partial charge on any atom is 0.328 e. The third-order valence-corrected chi connectivity index (χ3v) is 5.16. The van der Waals surface area contributed by atoms with Gasteiger partial charge < -0.3 is 4.98 Å². The van der Waals surface area contributed by atoms with Crippen LogP contribution < -0.4 is 11.2 Å². The summed E-state index contributed by atoms with van der Waals surface area (Å²) < 4.78 is 27.9. The number of halogens is 2. The first-order chi connectivity index (χ1) is 13.4. The molecule has 1 aliphatic heterocycles. The second kappa shape index (κ2) is 7.16. The van der Waals surface area contributed by atoms with Gasteiger partial charge in [-0.1, -0.05) is 0 Å². The van der Waals surface area contributed by atoms with Crippen molar-refractivity contribution in [1.82, 2.24) is 24.6 Å². The molecule has 4 rings (SSSR count). The molecule has 0 saturated carbocycles. The molecular weight excluding hydrogens is 368 g/mol. The van der Waals surface area contributed by atoms with Crippen LogP contribution in [0.1, 0.15) is 16.8 Å². The quantitative estimate of drug-likeness (QED) is 0.708. The van der Waals surface area contributed by atoms with Crippen LogP contribution in [-0.2, 0) is 26.4 Å². The Bertz CT molecular complexity index is 1150. The highest BCUT2D eigenvalue weighted by atomic mass is 19.2. The third kappa shape index (κ3) is 3.29. The first-order valence-corrected chi connectivity index (χ1v) is 8.95. The summed E-state index contributed by atoms with van der Waals surface area (Å²) in [4.78, 5) is 28.3. The second-order valence-electron chi connectivity index (χ2n) is 6.92. The number of aromatic nitrogens is 4. The summed E-state index contributed by atoms with van der Waals surface area (Å²) in [7, 11) is 1.44. The molecule has 28 heavy (non-hydrogen) atoms. The molecule has 0 spiro atoms. The van der Waals surface area contributed by atoms with E-state index in [-0.39, 0.29) is 5.56 Å². The smallest absolute Gasteiger partial charge is 0.314 e. The van der Waals surface area contributed by atoms with Gasteiger partial charge in [-0.15, -0.1) is 0 Å². The molecular formula is C19H19F2N5O2. The van der Waals surface area contributed by atoms with Crippen molar-refractivity contribution in [1.29, 1.82) is 0 Å². The molecule has 1 aromatic carbocycles. The van der Waals surface area contributed by atoms with Crippen molar-refractivity contribution in [3.63, 3.8) is 0 Å². The molecule has 0 saturated heterocycles. The molecule has 9 heteroatoms. The van der Waals surface area contributed by atoms with E-state index in [4.69, 9.17) is 0 Å². The predicted octanol–water partition coefficient (Wildman–Crippen LogP) is 1.34. The largest absolute Gasteiger partial charge is 0.328 e. The van der Waals surface area contributed by atoms with E-state index in [1.807, 2.05) is 0 Å². The summed E-state index contributed by atoms with van der Waals surface area (Å²) in [6.07, 6.45) is 2.71. The maximum absolute atomic E-state index is 13.6. The average molecular weight is 387 g/mol. The Morgan fingerprint density at radius 1 is 1.21 bits per heavy atom. The number of benzene rings is 1. The van der Waals surface area contributed by atoms with Gasteiger partial charge in [-0.3, -0.25) is 19.4 Å². The lowest BCUT2D eigenvalue weighted by atomic mass is 10.0. The van der Waals surface area contributed by atoms with Crippen molar-refractivity contribution in [2.75, 3.05) is 13.1 Å². The minimum Gasteiger partial charge on any atom is -0.314 e. The van der Waals surface area contributed by atoms with Crippen molar-refractivity contribution >= 4 is 0 Å². The highest BCUT2D eigenvalue weighted by molar-refractivity contribution is 5.64. The Kier molecular flexibility index (Phi) is 4.68. The molecule has 0 fully saturated rings. The van der Waals surface area contributed by atoms with Gasteiger partial charge in [0, 0.05) is 61.7 Å². The van der Waals surface area contributed by atoms with Crippen LogP contribution in [0.4, 0.5) is 8.78 Å². The molecule has 0 unspecified atom stereocenters. The SMILES string of the molecule is Cn1c(=O)[nH]cc(CCN2CCc3[nH]nc(-c4ccc(F)c(F)c4)c3C2)c1=O. The van der Waals surface area contributed by atoms with E-state index in [0.29, 0.717) is 36.3 Å². The summed E-state index contributed by atoms with van der Waals surface area (Å²) in [6, 6.07) is 3.75. The van der Waals surface area contributed by atoms with Crippen LogP contribution in [0.15, 0.2) is 34.0 Å². The molecule has 0 radical (unpaired) electrons. The van der Waals surface area contributed by atoms with E-state index in [0.717, 1.165) is 40.9 Å². The molecule has 146 valence electrons. The van der Waals surface area contributed by atoms with Gasteiger partial charge in [0.05, 0.1) is 5.69 Å². The van der Waals surface area contributed by atoms with Gasteiger partial charge in [0.25, 0.3) is 5.56 Å². The first-order valence-electron chi connectivity index (χ1n) is 8.95. The van der Waals surface area contributed by atoms with Gasteiger partial charge in [-0.25, -0.2) is 13.6 Å². The van der Waals surface area contributed by atoms with Crippen molar-refractivity contribution in [2.24, 2.45) is 7.05 Å². The highest BCUT2D eigenvalue weighted by Gasteiger charge is 2.23. The van der Waals surface area contributed by atoms with E-state index in [1.54, 1.807) is 0 Å². The van der Waals surface area contributed by atoms with Crippen LogP contribution in [0.2, 0.25) is 0 Å². The minimum absolute atomic E-state index is 0.299. The van der Waals surface area contributed by atoms with Crippen LogP contribution in [0.25, 0.3) is 11.3 Å². The predicted molar refractivity (Wildman–Crippen MR) is 98.9 cm³/mol. The standard InChI is InChI=1S/C19H19F2N5O2/c1-25-18(27)12(9-22-19(25)28)4-6-26-7-5-16-13(10-26)17(24-23-16)11-2-3-14(20)15(21)8-11/h2-3,8-9H,4-7,10H2,1H3,(H,22,28)(H,23,24). The summed E-state index contributed by atoms with van der Waals surface area (Å²) in [6.45, 7) is 2.00. The van der Waals surface area contributed by atoms with Gasteiger partial charge in [0.15, 0.2) is 11.6 Å². The lowest BCUT2D eigenvalue weighted by Crippen LogP contribution is -2.37. The van der Waals surface area contributed by atoms with Gasteiger partial charge in [0.1, 0.15) is 0 Å². The molecule has 0 bridgehead atoms. The Morgan fingerprint density at radius 3 is 2.82 bits per heavy atom. The van der Waals surface area contributed by atoms with Gasteiger partial charge in [-0.05, 0) is 24.6 Å². The van der Waals surface area contributed by atoms with Crippen LogP contribution in [-0.4, -0.2) is 37.7 Å². The highest BCUT2D eigenvalue weighted by Crippen LogP contribution is 2.29. The fourth-order valence-electron chi connectivity index (χ4n) is 3.50. The molecule has 2 aromatic heterocycles. The topological polar surface area (TPSA) is 86.8 Å². The molecule has 2 N–H and O–H groups in total. The van der Waals surface area contributed by atoms with E-state index in [9.17, 15) is 18.4 Å². The Morgan fingerprint density at radius 2 is 2.04 bits per heavy atom. The lowest BCUT2D eigenvalue weighted by molar-refractivity contribution is 0.256. The van der Waals surface area contributed by atoms with Crippen molar-refractivity contribution in [2.45, 2.75) is 19.4 Å². The monoisotopic (exact) mass is 387 g/mol. The second-order valence-corrected chi connectivity index (χ2v) is 6.92. The Hall–Kier alpha value is -3.07. The number of nitrogens with zero attached hydrogens (tertiary/aromatic N) is 3. The van der Waals surface area contributed by atoms with E-state index in [2.05, 4.69) is 20.1 Å². The molecule has 0 amide bonds. The number of aromatic amines is 2. The number of hydrogen-bond donors (Lipinski definition) is 2. The van der Waals surface area contributed by atoms with Crippen LogP contribution in [0, 0.1) is 11.6 Å². The van der Waals surface area contributed by atoms with Gasteiger partial charge >= 0.3 is 5.69 Å². The van der Waals surface area contributed by atoms with Crippen LogP contribution in [0.5, 0.6) is 0 Å². The molecule has 0 aliphatic carbocycles.